The number of ether oxygens (including phenoxy) is 1. The highest BCUT2D eigenvalue weighted by molar-refractivity contribution is 7.13. The fraction of sp³-hybridized carbons (Fsp3) is 0.360. The molecule has 3 aromatic rings. The van der Waals surface area contributed by atoms with Gasteiger partial charge >= 0.3 is 5.97 Å². The molecule has 0 spiro atoms. The van der Waals surface area contributed by atoms with Gasteiger partial charge in [0.2, 0.25) is 0 Å². The van der Waals surface area contributed by atoms with Crippen molar-refractivity contribution in [2.75, 3.05) is 6.61 Å². The Morgan fingerprint density at radius 2 is 2.03 bits per heavy atom. The summed E-state index contributed by atoms with van der Waals surface area (Å²) in [7, 11) is 0. The molecule has 1 atom stereocenters. The number of aromatic carboxylic acids is 1. The Morgan fingerprint density at radius 3 is 2.67 bits per heavy atom. The quantitative estimate of drug-likeness (QED) is 0.555. The first-order valence-electron chi connectivity index (χ1n) is 11.1. The molecular formula is C25H24N2O5S. The lowest BCUT2D eigenvalue weighted by Crippen LogP contribution is -2.28. The minimum absolute atomic E-state index is 0.0159. The molecular weight excluding hydrogens is 440 g/mol. The van der Waals surface area contributed by atoms with Gasteiger partial charge < -0.3 is 14.4 Å². The summed E-state index contributed by atoms with van der Waals surface area (Å²) in [5.41, 5.74) is 2.55. The third kappa shape index (κ3) is 3.99. The Balaban J connectivity index is 1.66. The zero-order valence-electron chi connectivity index (χ0n) is 18.4. The second kappa shape index (κ2) is 8.26. The number of carbonyl (C=O) groups is 2. The van der Waals surface area contributed by atoms with E-state index in [4.69, 9.17) is 4.74 Å². The monoisotopic (exact) mass is 464 g/mol. The largest absolute Gasteiger partial charge is 0.485 e. The second-order valence-electron chi connectivity index (χ2n) is 9.04. The molecule has 3 heterocycles. The van der Waals surface area contributed by atoms with Gasteiger partial charge in [0.15, 0.2) is 11.2 Å². The van der Waals surface area contributed by atoms with Gasteiger partial charge in [-0.1, -0.05) is 13.8 Å². The van der Waals surface area contributed by atoms with Crippen LogP contribution in [0.5, 0.6) is 5.75 Å². The van der Waals surface area contributed by atoms with E-state index in [-0.39, 0.29) is 35.8 Å². The van der Waals surface area contributed by atoms with E-state index in [1.165, 1.54) is 23.6 Å². The molecule has 7 nitrogen and oxygen atoms in total. The molecule has 2 aromatic heterocycles. The maximum absolute atomic E-state index is 12.6. The molecule has 0 radical (unpaired) electrons. The van der Waals surface area contributed by atoms with Gasteiger partial charge in [0.1, 0.15) is 22.9 Å². The molecule has 1 aliphatic carbocycles. The number of hydrogen-bond donors (Lipinski definition) is 1. The van der Waals surface area contributed by atoms with Crippen LogP contribution >= 0.6 is 11.3 Å². The van der Waals surface area contributed by atoms with E-state index in [9.17, 15) is 19.5 Å². The third-order valence-electron chi connectivity index (χ3n) is 6.41. The van der Waals surface area contributed by atoms with Gasteiger partial charge in [0.05, 0.1) is 11.3 Å². The molecule has 5 rings (SSSR count). The number of nitrogens with zero attached hydrogens (tertiary/aromatic N) is 2. The van der Waals surface area contributed by atoms with Crippen LogP contribution in [0, 0.1) is 11.8 Å². The van der Waals surface area contributed by atoms with Crippen LogP contribution in [0.1, 0.15) is 48.7 Å². The summed E-state index contributed by atoms with van der Waals surface area (Å²) in [5, 5.41) is 12.1. The van der Waals surface area contributed by atoms with Crippen molar-refractivity contribution in [2.45, 2.75) is 39.2 Å². The molecule has 1 aromatic carbocycles. The Labute approximate surface area is 194 Å². The van der Waals surface area contributed by atoms with Crippen molar-refractivity contribution >= 4 is 23.1 Å². The Morgan fingerprint density at radius 1 is 1.24 bits per heavy atom. The van der Waals surface area contributed by atoms with Crippen molar-refractivity contribution in [3.05, 3.63) is 57.3 Å². The first-order chi connectivity index (χ1) is 15.8. The fourth-order valence-electron chi connectivity index (χ4n) is 4.43. The fourth-order valence-corrected chi connectivity index (χ4v) is 5.08. The molecule has 1 saturated carbocycles. The predicted molar refractivity (Wildman–Crippen MR) is 125 cm³/mol. The van der Waals surface area contributed by atoms with Crippen LogP contribution in [-0.4, -0.2) is 33.0 Å². The lowest BCUT2D eigenvalue weighted by molar-refractivity contribution is -0.122. The van der Waals surface area contributed by atoms with Crippen LogP contribution in [0.25, 0.3) is 21.8 Å². The highest BCUT2D eigenvalue weighted by atomic mass is 32.1. The Kier molecular flexibility index (Phi) is 5.40. The van der Waals surface area contributed by atoms with Gasteiger partial charge in [-0.25, -0.2) is 9.78 Å². The zero-order valence-corrected chi connectivity index (χ0v) is 19.2. The van der Waals surface area contributed by atoms with E-state index in [1.807, 2.05) is 22.1 Å². The first kappa shape index (κ1) is 21.6. The lowest BCUT2D eigenvalue weighted by Gasteiger charge is -2.34. The highest BCUT2D eigenvalue weighted by Crippen LogP contribution is 2.43. The molecule has 170 valence electrons. The average molecular weight is 465 g/mol. The normalized spacial score (nSPS) is 16.9. The number of carboxylic acids is 1. The average Bonchev–Trinajstić information content (AvgIpc) is 3.50. The van der Waals surface area contributed by atoms with E-state index in [1.54, 1.807) is 6.20 Å². The highest BCUT2D eigenvalue weighted by Gasteiger charge is 2.31. The lowest BCUT2D eigenvalue weighted by atomic mass is 9.86. The van der Waals surface area contributed by atoms with Crippen LogP contribution in [0.15, 0.2) is 40.8 Å². The molecule has 2 aliphatic rings. The molecule has 1 fully saturated rings. The summed E-state index contributed by atoms with van der Waals surface area (Å²) < 4.78 is 7.94. The van der Waals surface area contributed by atoms with Gasteiger partial charge in [-0.15, -0.1) is 11.3 Å². The van der Waals surface area contributed by atoms with Crippen LogP contribution in [0.3, 0.4) is 0 Å². The first-order valence-corrected chi connectivity index (χ1v) is 11.9. The number of ketones is 1. The number of rotatable bonds is 7. The summed E-state index contributed by atoms with van der Waals surface area (Å²) in [5.74, 6) is -0.163. The summed E-state index contributed by atoms with van der Waals surface area (Å²) in [6, 6.07) is 5.31. The number of carboxylic acid groups (broad SMARTS) is 1. The molecule has 1 N–H and O–H groups in total. The van der Waals surface area contributed by atoms with Gasteiger partial charge in [0, 0.05) is 41.4 Å². The maximum Gasteiger partial charge on any atom is 0.341 e. The van der Waals surface area contributed by atoms with Crippen molar-refractivity contribution in [2.24, 2.45) is 11.8 Å². The number of benzene rings is 1. The predicted octanol–water partition coefficient (Wildman–Crippen LogP) is 4.45. The van der Waals surface area contributed by atoms with Crippen LogP contribution in [-0.2, 0) is 11.2 Å². The standard InChI is InChI=1S/C25H24N2O5S/c1-13(2)19-7-15-8-23(32-12-22(29)14-3-4-14)17(24-26-5-6-33-24)9-16(15)20-10-21(28)18(25(30)31)11-27(19)20/h5-6,8-11,13-14,19H,3-4,7,12H2,1-2H3,(H,30,31). The minimum atomic E-state index is -1.23. The maximum atomic E-state index is 12.6. The van der Waals surface area contributed by atoms with Gasteiger partial charge in [-0.3, -0.25) is 9.59 Å². The van der Waals surface area contributed by atoms with E-state index >= 15 is 0 Å². The number of aromatic nitrogens is 2. The van der Waals surface area contributed by atoms with E-state index in [0.717, 1.165) is 34.5 Å². The SMILES string of the molecule is CC(C)C1Cc2cc(OCC(=O)C3CC3)c(-c3nccs3)cc2-c2cc(=O)c(C(=O)O)cn21. The van der Waals surface area contributed by atoms with E-state index in [2.05, 4.69) is 18.8 Å². The number of hydrogen-bond acceptors (Lipinski definition) is 6. The molecule has 33 heavy (non-hydrogen) atoms. The van der Waals surface area contributed by atoms with Gasteiger partial charge in [-0.05, 0) is 42.9 Å². The van der Waals surface area contributed by atoms with Crippen LogP contribution in [0.2, 0.25) is 0 Å². The summed E-state index contributed by atoms with van der Waals surface area (Å²) in [6.45, 7) is 4.19. The molecule has 0 saturated heterocycles. The molecule has 0 amide bonds. The zero-order chi connectivity index (χ0) is 23.3. The summed E-state index contributed by atoms with van der Waals surface area (Å²) in [6.07, 6.45) is 5.71. The number of fused-ring (bicyclic) bond motifs is 3. The van der Waals surface area contributed by atoms with Gasteiger partial charge in [-0.2, -0.15) is 0 Å². The second-order valence-corrected chi connectivity index (χ2v) is 9.93. The molecule has 0 bridgehead atoms. The number of carbonyl (C=O) groups excluding carboxylic acids is 1. The van der Waals surface area contributed by atoms with Crippen molar-refractivity contribution < 1.29 is 19.4 Å². The van der Waals surface area contributed by atoms with Crippen LogP contribution < -0.4 is 10.2 Å². The van der Waals surface area contributed by atoms with Gasteiger partial charge in [0.25, 0.3) is 0 Å². The van der Waals surface area contributed by atoms with Crippen molar-refractivity contribution in [1.29, 1.82) is 0 Å². The number of Topliss-reactive ketones (excluding diaryl/α,β-unsaturated/α-hetero) is 1. The van der Waals surface area contributed by atoms with Crippen molar-refractivity contribution in [3.63, 3.8) is 0 Å². The molecule has 1 unspecified atom stereocenters. The van der Waals surface area contributed by atoms with Crippen molar-refractivity contribution in [3.8, 4) is 27.6 Å². The van der Waals surface area contributed by atoms with E-state index < -0.39 is 11.4 Å². The summed E-state index contributed by atoms with van der Waals surface area (Å²) in [4.78, 5) is 40.9. The summed E-state index contributed by atoms with van der Waals surface area (Å²) >= 11 is 1.47. The Bertz CT molecular complexity index is 1310. The Hall–Kier alpha value is -3.26. The third-order valence-corrected chi connectivity index (χ3v) is 7.22. The van der Waals surface area contributed by atoms with E-state index in [0.29, 0.717) is 17.9 Å². The number of pyridine rings is 1. The minimum Gasteiger partial charge on any atom is -0.485 e. The van der Waals surface area contributed by atoms with Crippen LogP contribution in [0.4, 0.5) is 0 Å². The van der Waals surface area contributed by atoms with Crippen molar-refractivity contribution in [1.82, 2.24) is 9.55 Å². The number of thiazole rings is 1. The smallest absolute Gasteiger partial charge is 0.341 e. The molecule has 8 heteroatoms. The topological polar surface area (TPSA) is 98.5 Å². The molecule has 1 aliphatic heterocycles.